The van der Waals surface area contributed by atoms with Crippen molar-refractivity contribution in [1.29, 1.82) is 0 Å². The Morgan fingerprint density at radius 3 is 2.52 bits per heavy atom. The molecule has 1 aromatic carbocycles. The molecule has 23 heavy (non-hydrogen) atoms. The van der Waals surface area contributed by atoms with Crippen molar-refractivity contribution in [3.8, 4) is 0 Å². The zero-order chi connectivity index (χ0) is 16.5. The summed E-state index contributed by atoms with van der Waals surface area (Å²) in [6.07, 6.45) is -3.08. The van der Waals surface area contributed by atoms with E-state index >= 15 is 0 Å². The first-order chi connectivity index (χ1) is 10.9. The number of hydrogen-bond donors (Lipinski definition) is 1. The van der Waals surface area contributed by atoms with Crippen LogP contribution in [0.3, 0.4) is 0 Å². The molecule has 6 heteroatoms. The Morgan fingerprint density at radius 1 is 1.17 bits per heavy atom. The van der Waals surface area contributed by atoms with Gasteiger partial charge in [-0.3, -0.25) is 4.90 Å². The average Bonchev–Trinajstić information content (AvgIpc) is 2.94. The van der Waals surface area contributed by atoms with Gasteiger partial charge in [0, 0.05) is 45.0 Å². The molecule has 0 bridgehead atoms. The number of anilines is 1. The minimum Gasteiger partial charge on any atom is -0.369 e. The second-order valence-electron chi connectivity index (χ2n) is 7.05. The lowest BCUT2D eigenvalue weighted by Gasteiger charge is -2.39. The predicted octanol–water partition coefficient (Wildman–Crippen LogP) is 2.83. The van der Waals surface area contributed by atoms with Crippen LogP contribution in [0.1, 0.15) is 18.9 Å². The molecule has 128 valence electrons. The molecule has 1 unspecified atom stereocenters. The van der Waals surface area contributed by atoms with Crippen molar-refractivity contribution in [2.24, 2.45) is 5.41 Å². The summed E-state index contributed by atoms with van der Waals surface area (Å²) in [7, 11) is 0. The Hall–Kier alpha value is -1.27. The number of benzene rings is 1. The maximum Gasteiger partial charge on any atom is 0.416 e. The zero-order valence-electron chi connectivity index (χ0n) is 13.5. The van der Waals surface area contributed by atoms with Crippen molar-refractivity contribution in [2.45, 2.75) is 19.5 Å². The number of rotatable bonds is 3. The van der Waals surface area contributed by atoms with E-state index in [4.69, 9.17) is 0 Å². The summed E-state index contributed by atoms with van der Waals surface area (Å²) in [6.45, 7) is 8.90. The van der Waals surface area contributed by atoms with Gasteiger partial charge in [0.2, 0.25) is 0 Å². The molecule has 0 saturated carbocycles. The Morgan fingerprint density at radius 2 is 1.91 bits per heavy atom. The molecule has 1 atom stereocenters. The second-order valence-corrected chi connectivity index (χ2v) is 7.05. The van der Waals surface area contributed by atoms with Crippen LogP contribution >= 0.6 is 0 Å². The van der Waals surface area contributed by atoms with Crippen LogP contribution in [-0.2, 0) is 6.18 Å². The molecule has 0 amide bonds. The van der Waals surface area contributed by atoms with Crippen LogP contribution in [0.5, 0.6) is 0 Å². The molecule has 3 nitrogen and oxygen atoms in total. The Kier molecular flexibility index (Phi) is 4.56. The molecule has 2 fully saturated rings. The summed E-state index contributed by atoms with van der Waals surface area (Å²) < 4.78 is 38.5. The van der Waals surface area contributed by atoms with Crippen molar-refractivity contribution in [3.05, 3.63) is 29.8 Å². The average molecular weight is 327 g/mol. The fourth-order valence-electron chi connectivity index (χ4n) is 3.59. The molecule has 3 rings (SSSR count). The van der Waals surface area contributed by atoms with Crippen LogP contribution in [0.15, 0.2) is 24.3 Å². The zero-order valence-corrected chi connectivity index (χ0v) is 13.5. The van der Waals surface area contributed by atoms with E-state index in [0.717, 1.165) is 51.9 Å². The highest BCUT2D eigenvalue weighted by atomic mass is 19.4. The maximum atomic E-state index is 12.8. The number of piperazine rings is 1. The van der Waals surface area contributed by atoms with Gasteiger partial charge in [-0.25, -0.2) is 0 Å². The predicted molar refractivity (Wildman–Crippen MR) is 85.7 cm³/mol. The quantitative estimate of drug-likeness (QED) is 0.921. The third-order valence-corrected chi connectivity index (χ3v) is 4.97. The first kappa shape index (κ1) is 16.6. The number of halogens is 3. The molecule has 2 saturated heterocycles. The van der Waals surface area contributed by atoms with Crippen LogP contribution in [-0.4, -0.2) is 50.7 Å². The molecule has 0 radical (unpaired) electrons. The van der Waals surface area contributed by atoms with Gasteiger partial charge in [0.15, 0.2) is 0 Å². The van der Waals surface area contributed by atoms with Crippen molar-refractivity contribution in [1.82, 2.24) is 10.2 Å². The van der Waals surface area contributed by atoms with Gasteiger partial charge < -0.3 is 10.2 Å². The third kappa shape index (κ3) is 3.98. The van der Waals surface area contributed by atoms with Crippen molar-refractivity contribution >= 4 is 5.69 Å². The highest BCUT2D eigenvalue weighted by Gasteiger charge is 2.33. The van der Waals surface area contributed by atoms with E-state index in [1.807, 2.05) is 0 Å². The summed E-state index contributed by atoms with van der Waals surface area (Å²) in [5.41, 5.74) is 0.438. The van der Waals surface area contributed by atoms with Crippen LogP contribution in [0.4, 0.5) is 18.9 Å². The minimum atomic E-state index is -4.28. The van der Waals surface area contributed by atoms with Gasteiger partial charge in [-0.1, -0.05) is 13.0 Å². The maximum absolute atomic E-state index is 12.8. The lowest BCUT2D eigenvalue weighted by molar-refractivity contribution is -0.137. The lowest BCUT2D eigenvalue weighted by atomic mass is 9.89. The highest BCUT2D eigenvalue weighted by molar-refractivity contribution is 5.49. The monoisotopic (exact) mass is 327 g/mol. The molecule has 0 aliphatic carbocycles. The number of nitrogens with zero attached hydrogens (tertiary/aromatic N) is 2. The van der Waals surface area contributed by atoms with Crippen LogP contribution < -0.4 is 10.2 Å². The van der Waals surface area contributed by atoms with E-state index in [-0.39, 0.29) is 0 Å². The van der Waals surface area contributed by atoms with Gasteiger partial charge in [0.1, 0.15) is 0 Å². The summed E-state index contributed by atoms with van der Waals surface area (Å²) in [4.78, 5) is 4.50. The minimum absolute atomic E-state index is 0.332. The molecule has 1 aromatic rings. The van der Waals surface area contributed by atoms with Crippen LogP contribution in [0.25, 0.3) is 0 Å². The Balaban J connectivity index is 1.59. The fraction of sp³-hybridized carbons (Fsp3) is 0.647. The second kappa shape index (κ2) is 6.32. The van der Waals surface area contributed by atoms with Gasteiger partial charge in [-0.2, -0.15) is 13.2 Å². The molecule has 2 heterocycles. The molecule has 0 aromatic heterocycles. The van der Waals surface area contributed by atoms with Crippen LogP contribution in [0.2, 0.25) is 0 Å². The fourth-order valence-corrected chi connectivity index (χ4v) is 3.59. The van der Waals surface area contributed by atoms with Gasteiger partial charge >= 0.3 is 6.18 Å². The highest BCUT2D eigenvalue weighted by Crippen LogP contribution is 2.32. The van der Waals surface area contributed by atoms with E-state index < -0.39 is 11.7 Å². The van der Waals surface area contributed by atoms with E-state index in [1.165, 1.54) is 18.6 Å². The smallest absolute Gasteiger partial charge is 0.369 e. The number of hydrogen-bond acceptors (Lipinski definition) is 3. The molecule has 1 N–H and O–H groups in total. The van der Waals surface area contributed by atoms with Crippen molar-refractivity contribution in [2.75, 3.05) is 50.7 Å². The van der Waals surface area contributed by atoms with E-state index in [9.17, 15) is 13.2 Å². The summed E-state index contributed by atoms with van der Waals surface area (Å²) >= 11 is 0. The molecular weight excluding hydrogens is 303 g/mol. The SMILES string of the molecule is CC1(CN2CCN(c3cccc(C(F)(F)F)c3)CC2)CCNC1. The van der Waals surface area contributed by atoms with Gasteiger partial charge in [0.05, 0.1) is 5.56 Å². The van der Waals surface area contributed by atoms with E-state index in [0.29, 0.717) is 11.1 Å². The van der Waals surface area contributed by atoms with Gasteiger partial charge in [-0.05, 0) is 36.6 Å². The number of nitrogens with one attached hydrogen (secondary N) is 1. The van der Waals surface area contributed by atoms with Gasteiger partial charge in [0.25, 0.3) is 0 Å². The first-order valence-corrected chi connectivity index (χ1v) is 8.21. The summed E-state index contributed by atoms with van der Waals surface area (Å²) in [5.74, 6) is 0. The third-order valence-electron chi connectivity index (χ3n) is 4.97. The normalized spacial score (nSPS) is 26.7. The summed E-state index contributed by atoms with van der Waals surface area (Å²) in [6, 6.07) is 5.66. The molecule has 2 aliphatic rings. The topological polar surface area (TPSA) is 18.5 Å². The van der Waals surface area contributed by atoms with Crippen molar-refractivity contribution in [3.63, 3.8) is 0 Å². The Bertz CT molecular complexity index is 530. The van der Waals surface area contributed by atoms with E-state index in [1.54, 1.807) is 6.07 Å². The van der Waals surface area contributed by atoms with Crippen LogP contribution in [0, 0.1) is 5.41 Å². The molecule has 0 spiro atoms. The van der Waals surface area contributed by atoms with Crippen molar-refractivity contribution < 1.29 is 13.2 Å². The van der Waals surface area contributed by atoms with Gasteiger partial charge in [-0.15, -0.1) is 0 Å². The lowest BCUT2D eigenvalue weighted by Crippen LogP contribution is -2.49. The summed E-state index contributed by atoms with van der Waals surface area (Å²) in [5, 5.41) is 3.41. The number of alkyl halides is 3. The Labute approximate surface area is 135 Å². The first-order valence-electron chi connectivity index (χ1n) is 8.21. The molecule has 2 aliphatic heterocycles. The largest absolute Gasteiger partial charge is 0.416 e. The standard InChI is InChI=1S/C17H24F3N3/c1-16(5-6-21-12-16)13-22-7-9-23(10-8-22)15-4-2-3-14(11-15)17(18,19)20/h2-4,11,21H,5-10,12-13H2,1H3. The van der Waals surface area contributed by atoms with E-state index in [2.05, 4.69) is 22.0 Å². The molecular formula is C17H24F3N3.